The molecule has 4 N–H and O–H groups in total. The third-order valence-electron chi connectivity index (χ3n) is 1.59. The molecule has 0 aromatic carbocycles. The van der Waals surface area contributed by atoms with Crippen molar-refractivity contribution in [3.05, 3.63) is 0 Å². The summed E-state index contributed by atoms with van der Waals surface area (Å²) in [5, 5.41) is 29.1. The van der Waals surface area contributed by atoms with E-state index in [1.807, 2.05) is 0 Å². The summed E-state index contributed by atoms with van der Waals surface area (Å²) in [5.41, 5.74) is 0. The highest BCUT2D eigenvalue weighted by atomic mass is 16.3. The van der Waals surface area contributed by atoms with Gasteiger partial charge in [-0.15, -0.1) is 0 Å². The van der Waals surface area contributed by atoms with E-state index in [0.717, 1.165) is 0 Å². The molecule has 0 aliphatic carbocycles. The van der Waals surface area contributed by atoms with Crippen molar-refractivity contribution in [1.29, 1.82) is 0 Å². The topological polar surface area (TPSA) is 72.7 Å². The smallest absolute Gasteiger partial charge is 0.0986 e. The lowest BCUT2D eigenvalue weighted by Gasteiger charge is -2.11. The zero-order chi connectivity index (χ0) is 6.85. The first-order valence-electron chi connectivity index (χ1n) is 2.96. The SMILES string of the molecule is OC[C@@H]1NC[C@H](O)[C@@H]1O. The Kier molecular flexibility index (Phi) is 2.02. The standard InChI is InChI=1S/C5H11NO3/c7-2-3-5(9)4(8)1-6-3/h3-9H,1-2H2/t3-,4-,5+/m0/s1. The zero-order valence-electron chi connectivity index (χ0n) is 4.99. The average Bonchev–Trinajstić information content (AvgIpc) is 2.15. The van der Waals surface area contributed by atoms with Crippen LogP contribution in [0.5, 0.6) is 0 Å². The van der Waals surface area contributed by atoms with Crippen LogP contribution in [0.2, 0.25) is 0 Å². The van der Waals surface area contributed by atoms with Crippen LogP contribution in [0.25, 0.3) is 0 Å². The molecule has 0 saturated carbocycles. The average molecular weight is 133 g/mol. The van der Waals surface area contributed by atoms with E-state index in [-0.39, 0.29) is 12.6 Å². The van der Waals surface area contributed by atoms with Gasteiger partial charge in [-0.05, 0) is 0 Å². The van der Waals surface area contributed by atoms with E-state index in [0.29, 0.717) is 6.54 Å². The van der Waals surface area contributed by atoms with Crippen LogP contribution < -0.4 is 5.32 Å². The van der Waals surface area contributed by atoms with Crippen LogP contribution in [0, 0.1) is 0 Å². The van der Waals surface area contributed by atoms with Gasteiger partial charge in [0.25, 0.3) is 0 Å². The summed E-state index contributed by atoms with van der Waals surface area (Å²) >= 11 is 0. The second-order valence-electron chi connectivity index (χ2n) is 2.26. The molecule has 0 aromatic heterocycles. The number of rotatable bonds is 1. The molecular weight excluding hydrogens is 122 g/mol. The maximum absolute atomic E-state index is 8.98. The third kappa shape index (κ3) is 1.21. The molecule has 3 atom stereocenters. The fourth-order valence-corrected chi connectivity index (χ4v) is 0.954. The Bertz CT molecular complexity index is 98.2. The molecule has 1 heterocycles. The summed E-state index contributed by atoms with van der Waals surface area (Å²) in [7, 11) is 0. The van der Waals surface area contributed by atoms with Crippen LogP contribution in [0.3, 0.4) is 0 Å². The molecule has 4 heteroatoms. The molecule has 0 bridgehead atoms. The Morgan fingerprint density at radius 2 is 2.11 bits per heavy atom. The molecule has 9 heavy (non-hydrogen) atoms. The Hall–Kier alpha value is -0.160. The fraction of sp³-hybridized carbons (Fsp3) is 1.00. The summed E-state index contributed by atoms with van der Waals surface area (Å²) in [5.74, 6) is 0. The quantitative estimate of drug-likeness (QED) is 0.324. The molecule has 1 fully saturated rings. The second-order valence-corrected chi connectivity index (χ2v) is 2.26. The monoisotopic (exact) mass is 133 g/mol. The van der Waals surface area contributed by atoms with Crippen LogP contribution in [0.1, 0.15) is 0 Å². The van der Waals surface area contributed by atoms with Gasteiger partial charge in [-0.2, -0.15) is 0 Å². The summed E-state index contributed by atoms with van der Waals surface area (Å²) < 4.78 is 0. The van der Waals surface area contributed by atoms with E-state index in [1.165, 1.54) is 0 Å². The summed E-state index contributed by atoms with van der Waals surface area (Å²) in [6.07, 6.45) is -1.53. The van der Waals surface area contributed by atoms with Gasteiger partial charge >= 0.3 is 0 Å². The fourth-order valence-electron chi connectivity index (χ4n) is 0.954. The number of hydrogen-bond donors (Lipinski definition) is 4. The van der Waals surface area contributed by atoms with Gasteiger partial charge in [0, 0.05) is 6.54 Å². The van der Waals surface area contributed by atoms with Gasteiger partial charge in [0.15, 0.2) is 0 Å². The zero-order valence-corrected chi connectivity index (χ0v) is 4.99. The Labute approximate surface area is 53.1 Å². The lowest BCUT2D eigenvalue weighted by molar-refractivity contribution is 0.0295. The second kappa shape index (κ2) is 2.62. The van der Waals surface area contributed by atoms with Crippen LogP contribution >= 0.6 is 0 Å². The van der Waals surface area contributed by atoms with Gasteiger partial charge in [0.05, 0.1) is 24.9 Å². The van der Waals surface area contributed by atoms with Crippen molar-refractivity contribution in [3.63, 3.8) is 0 Å². The number of aliphatic hydroxyl groups is 3. The molecule has 54 valence electrons. The minimum absolute atomic E-state index is 0.127. The normalized spacial score (nSPS) is 43.7. The van der Waals surface area contributed by atoms with Crippen molar-refractivity contribution in [2.24, 2.45) is 0 Å². The molecule has 1 rings (SSSR count). The first kappa shape index (κ1) is 6.95. The van der Waals surface area contributed by atoms with Gasteiger partial charge in [-0.3, -0.25) is 0 Å². The summed E-state index contributed by atoms with van der Waals surface area (Å²) in [4.78, 5) is 0. The van der Waals surface area contributed by atoms with Crippen molar-refractivity contribution in [3.8, 4) is 0 Å². The highest BCUT2D eigenvalue weighted by Gasteiger charge is 2.31. The van der Waals surface area contributed by atoms with Gasteiger partial charge < -0.3 is 20.6 Å². The van der Waals surface area contributed by atoms with Gasteiger partial charge in [0.1, 0.15) is 0 Å². The van der Waals surface area contributed by atoms with Gasteiger partial charge in [-0.25, -0.2) is 0 Å². The number of β-amino-alcohol motifs (C(OH)–C–C–N with tert-alkyl or cyclic N) is 1. The summed E-state index contributed by atoms with van der Waals surface area (Å²) in [6.45, 7) is 0.241. The van der Waals surface area contributed by atoms with Crippen molar-refractivity contribution in [2.45, 2.75) is 18.2 Å². The lowest BCUT2D eigenvalue weighted by Crippen LogP contribution is -2.35. The molecule has 1 aliphatic rings. The molecule has 0 unspecified atom stereocenters. The molecule has 0 aromatic rings. The molecule has 1 aliphatic heterocycles. The lowest BCUT2D eigenvalue weighted by atomic mass is 10.1. The summed E-state index contributed by atoms with van der Waals surface area (Å²) in [6, 6.07) is -0.347. The van der Waals surface area contributed by atoms with E-state index in [2.05, 4.69) is 5.32 Å². The predicted octanol–water partition coefficient (Wildman–Crippen LogP) is -2.33. The van der Waals surface area contributed by atoms with Crippen LogP contribution in [0.15, 0.2) is 0 Å². The molecule has 0 radical (unpaired) electrons. The van der Waals surface area contributed by atoms with Crippen molar-refractivity contribution >= 4 is 0 Å². The van der Waals surface area contributed by atoms with Gasteiger partial charge in [-0.1, -0.05) is 0 Å². The molecule has 4 nitrogen and oxygen atoms in total. The number of aliphatic hydroxyl groups excluding tert-OH is 3. The van der Waals surface area contributed by atoms with Crippen molar-refractivity contribution in [1.82, 2.24) is 5.32 Å². The predicted molar refractivity (Wildman–Crippen MR) is 30.9 cm³/mol. The van der Waals surface area contributed by atoms with E-state index in [4.69, 9.17) is 15.3 Å². The van der Waals surface area contributed by atoms with Crippen molar-refractivity contribution in [2.75, 3.05) is 13.2 Å². The van der Waals surface area contributed by atoms with Crippen LogP contribution in [0.4, 0.5) is 0 Å². The highest BCUT2D eigenvalue weighted by Crippen LogP contribution is 2.05. The van der Waals surface area contributed by atoms with Crippen molar-refractivity contribution < 1.29 is 15.3 Å². The maximum atomic E-state index is 8.98. The first-order chi connectivity index (χ1) is 4.25. The van der Waals surface area contributed by atoms with E-state index in [1.54, 1.807) is 0 Å². The molecule has 1 saturated heterocycles. The van der Waals surface area contributed by atoms with Crippen LogP contribution in [-0.2, 0) is 0 Å². The largest absolute Gasteiger partial charge is 0.395 e. The van der Waals surface area contributed by atoms with E-state index < -0.39 is 12.2 Å². The van der Waals surface area contributed by atoms with Crippen LogP contribution in [-0.4, -0.2) is 46.7 Å². The minimum atomic E-state index is -0.810. The first-order valence-corrected chi connectivity index (χ1v) is 2.96. The van der Waals surface area contributed by atoms with Gasteiger partial charge in [0.2, 0.25) is 0 Å². The Morgan fingerprint density at radius 3 is 2.33 bits per heavy atom. The number of hydrogen-bond acceptors (Lipinski definition) is 4. The molecule has 0 spiro atoms. The minimum Gasteiger partial charge on any atom is -0.395 e. The third-order valence-corrected chi connectivity index (χ3v) is 1.59. The van der Waals surface area contributed by atoms with E-state index in [9.17, 15) is 0 Å². The Morgan fingerprint density at radius 1 is 1.44 bits per heavy atom. The maximum Gasteiger partial charge on any atom is 0.0986 e. The molecule has 0 amide bonds. The van der Waals surface area contributed by atoms with E-state index >= 15 is 0 Å². The Balaban J connectivity index is 2.41. The highest BCUT2D eigenvalue weighted by molar-refractivity contribution is 4.89. The molecular formula is C5H11NO3. The number of nitrogens with one attached hydrogen (secondary N) is 1.